The minimum Gasteiger partial charge on any atom is -0.341 e. The third-order valence-corrected chi connectivity index (χ3v) is 2.62. The molecule has 0 aliphatic carbocycles. The Morgan fingerprint density at radius 3 is 2.71 bits per heavy atom. The Balaban J connectivity index is 1.84. The second kappa shape index (κ2) is 3.93. The van der Waals surface area contributed by atoms with Crippen molar-refractivity contribution in [2.24, 2.45) is 20.0 Å². The predicted octanol–water partition coefficient (Wildman–Crippen LogP) is 1.66. The molecule has 0 radical (unpaired) electrons. The molecule has 2 heterocycles. The Labute approximate surface area is 98.7 Å². The van der Waals surface area contributed by atoms with Crippen LogP contribution in [0.25, 0.3) is 0 Å². The fraction of sp³-hybridized carbons (Fsp3) is 0.167. The van der Waals surface area contributed by atoms with Gasteiger partial charge in [0.1, 0.15) is 18.5 Å². The Bertz CT molecular complexity index is 551. The summed E-state index contributed by atoms with van der Waals surface area (Å²) in [6, 6.07) is 7.94. The lowest BCUT2D eigenvalue weighted by Gasteiger charge is -2.15. The molecule has 5 nitrogen and oxygen atoms in total. The first kappa shape index (κ1) is 9.89. The average molecular weight is 225 g/mol. The molecular weight excluding hydrogens is 214 g/mol. The number of nitrogens with zero attached hydrogens (tertiary/aromatic N) is 4. The molecule has 0 amide bonds. The van der Waals surface area contributed by atoms with E-state index in [2.05, 4.69) is 32.2 Å². The van der Waals surface area contributed by atoms with E-state index in [1.807, 2.05) is 24.3 Å². The number of fused-ring (bicyclic) bond motifs is 1. The van der Waals surface area contributed by atoms with Crippen LogP contribution in [0.15, 0.2) is 44.2 Å². The molecule has 2 aliphatic rings. The van der Waals surface area contributed by atoms with Crippen LogP contribution in [-0.4, -0.2) is 30.4 Å². The minimum absolute atomic E-state index is 0.179. The lowest BCUT2D eigenvalue weighted by molar-refractivity contribution is 1.13. The topological polar surface area (TPSA) is 61.5 Å². The molecule has 0 bridgehead atoms. The van der Waals surface area contributed by atoms with Crippen LogP contribution in [0.5, 0.6) is 0 Å². The number of nitrogens with one attached hydrogen (secondary N) is 1. The third kappa shape index (κ3) is 1.87. The van der Waals surface area contributed by atoms with Gasteiger partial charge in [-0.3, -0.25) is 4.99 Å². The van der Waals surface area contributed by atoms with Crippen LogP contribution in [0, 0.1) is 6.92 Å². The predicted molar refractivity (Wildman–Crippen MR) is 70.4 cm³/mol. The second-order valence-corrected chi connectivity index (χ2v) is 3.90. The van der Waals surface area contributed by atoms with Gasteiger partial charge < -0.3 is 5.32 Å². The Hall–Kier alpha value is -2.30. The number of hydrogen-bond donors (Lipinski definition) is 1. The molecule has 2 aliphatic heterocycles. The summed E-state index contributed by atoms with van der Waals surface area (Å²) in [5, 5.41) is 3.24. The minimum atomic E-state index is -0.179. The zero-order valence-corrected chi connectivity index (χ0v) is 9.33. The standard InChI is InChI=1S/C12H11N5/c1-8-2-4-9(5-3-8)17-12-10-11(14-6-13-10)15-7-16-12/h2-7,10H,1H3,(H,13,14,15,16,17)/t10-/m0/s1. The molecule has 1 atom stereocenters. The summed E-state index contributed by atoms with van der Waals surface area (Å²) in [6.07, 6.45) is 3.02. The summed E-state index contributed by atoms with van der Waals surface area (Å²) < 4.78 is 0. The fourth-order valence-electron chi connectivity index (χ4n) is 1.70. The zero-order chi connectivity index (χ0) is 11.7. The van der Waals surface area contributed by atoms with Crippen LogP contribution in [0.2, 0.25) is 0 Å². The average Bonchev–Trinajstić information content (AvgIpc) is 2.81. The van der Waals surface area contributed by atoms with E-state index in [0.29, 0.717) is 5.84 Å². The van der Waals surface area contributed by atoms with Crippen LogP contribution in [-0.2, 0) is 0 Å². The highest BCUT2D eigenvalue weighted by molar-refractivity contribution is 6.23. The van der Waals surface area contributed by atoms with Gasteiger partial charge in [-0.1, -0.05) is 17.7 Å². The summed E-state index contributed by atoms with van der Waals surface area (Å²) >= 11 is 0. The molecule has 5 heteroatoms. The van der Waals surface area contributed by atoms with E-state index < -0.39 is 0 Å². The number of anilines is 1. The van der Waals surface area contributed by atoms with Crippen molar-refractivity contribution in [1.29, 1.82) is 0 Å². The van der Waals surface area contributed by atoms with Crippen molar-refractivity contribution < 1.29 is 0 Å². The van der Waals surface area contributed by atoms with Crippen molar-refractivity contribution >= 4 is 30.0 Å². The molecule has 0 spiro atoms. The highest BCUT2D eigenvalue weighted by Gasteiger charge is 2.26. The van der Waals surface area contributed by atoms with Crippen LogP contribution in [0.1, 0.15) is 5.56 Å². The first-order chi connectivity index (χ1) is 8.33. The summed E-state index contributed by atoms with van der Waals surface area (Å²) in [6.45, 7) is 2.06. The van der Waals surface area contributed by atoms with Crippen molar-refractivity contribution in [3.63, 3.8) is 0 Å². The first-order valence-electron chi connectivity index (χ1n) is 5.36. The van der Waals surface area contributed by atoms with Crippen molar-refractivity contribution in [1.82, 2.24) is 0 Å². The Morgan fingerprint density at radius 1 is 1.06 bits per heavy atom. The summed E-state index contributed by atoms with van der Waals surface area (Å²) in [5.74, 6) is 1.45. The molecule has 0 saturated heterocycles. The van der Waals surface area contributed by atoms with Crippen molar-refractivity contribution in [2.45, 2.75) is 13.0 Å². The number of amidine groups is 2. The quantitative estimate of drug-likeness (QED) is 0.776. The van der Waals surface area contributed by atoms with Crippen LogP contribution >= 0.6 is 0 Å². The lowest BCUT2D eigenvalue weighted by Crippen LogP contribution is -2.33. The van der Waals surface area contributed by atoms with E-state index in [-0.39, 0.29) is 6.04 Å². The van der Waals surface area contributed by atoms with Gasteiger partial charge >= 0.3 is 0 Å². The normalized spacial score (nSPS) is 20.9. The van der Waals surface area contributed by atoms with Crippen LogP contribution < -0.4 is 5.32 Å². The van der Waals surface area contributed by atoms with Gasteiger partial charge in [-0.25, -0.2) is 15.0 Å². The molecule has 3 rings (SSSR count). The van der Waals surface area contributed by atoms with Crippen molar-refractivity contribution in [3.8, 4) is 0 Å². The number of rotatable bonds is 1. The summed E-state index contributed by atoms with van der Waals surface area (Å²) in [4.78, 5) is 16.6. The lowest BCUT2D eigenvalue weighted by atomic mass is 10.2. The van der Waals surface area contributed by atoms with Gasteiger partial charge in [-0.15, -0.1) is 0 Å². The van der Waals surface area contributed by atoms with E-state index in [1.54, 1.807) is 0 Å². The molecule has 17 heavy (non-hydrogen) atoms. The van der Waals surface area contributed by atoms with Gasteiger partial charge in [0.15, 0.2) is 11.9 Å². The molecular formula is C12H11N5. The van der Waals surface area contributed by atoms with Crippen molar-refractivity contribution in [3.05, 3.63) is 29.8 Å². The Morgan fingerprint density at radius 2 is 1.88 bits per heavy atom. The molecule has 1 N–H and O–H groups in total. The maximum atomic E-state index is 4.22. The molecule has 84 valence electrons. The van der Waals surface area contributed by atoms with E-state index in [4.69, 9.17) is 0 Å². The highest BCUT2D eigenvalue weighted by atomic mass is 15.2. The number of benzene rings is 1. The Kier molecular flexibility index (Phi) is 2.29. The van der Waals surface area contributed by atoms with Crippen LogP contribution in [0.4, 0.5) is 5.69 Å². The van der Waals surface area contributed by atoms with Gasteiger partial charge in [-0.05, 0) is 19.1 Å². The number of aryl methyl sites for hydroxylation is 1. The molecule has 0 saturated carbocycles. The maximum Gasteiger partial charge on any atom is 0.169 e. The smallest absolute Gasteiger partial charge is 0.169 e. The van der Waals surface area contributed by atoms with E-state index in [0.717, 1.165) is 11.5 Å². The van der Waals surface area contributed by atoms with E-state index in [9.17, 15) is 0 Å². The van der Waals surface area contributed by atoms with Gasteiger partial charge in [0.25, 0.3) is 0 Å². The summed E-state index contributed by atoms with van der Waals surface area (Å²) in [5.41, 5.74) is 2.22. The number of aliphatic imine (C=N–C) groups is 4. The number of hydrogen-bond acceptors (Lipinski definition) is 5. The van der Waals surface area contributed by atoms with Gasteiger partial charge in [0.05, 0.1) is 0 Å². The highest BCUT2D eigenvalue weighted by Crippen LogP contribution is 2.14. The molecule has 1 aromatic carbocycles. The van der Waals surface area contributed by atoms with Crippen LogP contribution in [0.3, 0.4) is 0 Å². The van der Waals surface area contributed by atoms with Gasteiger partial charge in [0, 0.05) is 5.69 Å². The van der Waals surface area contributed by atoms with Gasteiger partial charge in [-0.2, -0.15) is 0 Å². The SMILES string of the molecule is Cc1ccc(NC2=NC=NC3=NC=N[C@@H]32)cc1. The third-order valence-electron chi connectivity index (χ3n) is 2.62. The molecule has 0 aromatic heterocycles. The van der Waals surface area contributed by atoms with Crippen molar-refractivity contribution in [2.75, 3.05) is 5.32 Å². The summed E-state index contributed by atoms with van der Waals surface area (Å²) in [7, 11) is 0. The van der Waals surface area contributed by atoms with Gasteiger partial charge in [0.2, 0.25) is 0 Å². The monoisotopic (exact) mass is 225 g/mol. The fourth-order valence-corrected chi connectivity index (χ4v) is 1.70. The first-order valence-corrected chi connectivity index (χ1v) is 5.36. The zero-order valence-electron chi connectivity index (χ0n) is 9.33. The molecule has 1 aromatic rings. The molecule has 0 unspecified atom stereocenters. The maximum absolute atomic E-state index is 4.22. The molecule has 0 fully saturated rings. The second-order valence-electron chi connectivity index (χ2n) is 3.90. The van der Waals surface area contributed by atoms with E-state index >= 15 is 0 Å². The largest absolute Gasteiger partial charge is 0.341 e. The van der Waals surface area contributed by atoms with E-state index in [1.165, 1.54) is 18.2 Å².